The number of pyridine rings is 1. The van der Waals surface area contributed by atoms with Crippen LogP contribution >= 0.6 is 0 Å². The van der Waals surface area contributed by atoms with E-state index < -0.39 is 20.6 Å². The van der Waals surface area contributed by atoms with Crippen LogP contribution in [0, 0.1) is 27.5 Å². The normalized spacial score (nSPS) is 16.2. The summed E-state index contributed by atoms with van der Waals surface area (Å²) in [7, 11) is 1.67. The predicted octanol–water partition coefficient (Wildman–Crippen LogP) is 8.65. The van der Waals surface area contributed by atoms with E-state index in [-0.39, 0.29) is 16.7 Å². The first-order chi connectivity index (χ1) is 21.0. The van der Waals surface area contributed by atoms with E-state index in [0.717, 1.165) is 22.3 Å². The molecule has 0 aliphatic carbocycles. The lowest BCUT2D eigenvalue weighted by molar-refractivity contribution is -0.660. The van der Waals surface area contributed by atoms with Crippen molar-refractivity contribution >= 4 is 21.9 Å². The lowest BCUT2D eigenvalue weighted by atomic mass is 9.95. The van der Waals surface area contributed by atoms with E-state index in [0.29, 0.717) is 38.8 Å². The smallest absolute Gasteiger partial charge is 0.216 e. The van der Waals surface area contributed by atoms with Crippen LogP contribution in [0.3, 0.4) is 0 Å². The summed E-state index contributed by atoms with van der Waals surface area (Å²) in [5.74, 6) is 0. The van der Waals surface area contributed by atoms with Crippen molar-refractivity contribution in [1.29, 1.82) is 0 Å². The number of benzene rings is 4. The Bertz CT molecular complexity index is 2090. The van der Waals surface area contributed by atoms with Crippen molar-refractivity contribution in [2.75, 3.05) is 0 Å². The maximum absolute atomic E-state index is 8.24. The molecule has 36 heavy (non-hydrogen) atoms. The zero-order chi connectivity index (χ0) is 32.5. The average molecular weight is 478 g/mol. The van der Waals surface area contributed by atoms with Crippen LogP contribution in [0.4, 0.5) is 0 Å². The van der Waals surface area contributed by atoms with E-state index in [1.165, 1.54) is 12.3 Å². The standard InChI is InChI=1S/C34H30NO/c1-21-16-29(27-13-9-12-26(19-27)25-10-7-6-8-11-25)33-30(17-21)28-15-14-22(2)32(34(28)36-33)31-18-23(3)24(4)20-35(31)5/h6-20H,1-5H3/q+1/i1D3,3D3,4D3. The third-order valence-electron chi connectivity index (χ3n) is 6.76. The second-order valence-electron chi connectivity index (χ2n) is 9.18. The van der Waals surface area contributed by atoms with E-state index in [9.17, 15) is 0 Å². The predicted molar refractivity (Wildman–Crippen MR) is 150 cm³/mol. The lowest BCUT2D eigenvalue weighted by Gasteiger charge is -2.08. The van der Waals surface area contributed by atoms with Gasteiger partial charge in [0.25, 0.3) is 0 Å². The van der Waals surface area contributed by atoms with Crippen LogP contribution in [0.25, 0.3) is 55.4 Å². The summed E-state index contributed by atoms with van der Waals surface area (Å²) in [4.78, 5) is 0. The molecule has 0 N–H and O–H groups in total. The highest BCUT2D eigenvalue weighted by molar-refractivity contribution is 6.13. The summed E-state index contributed by atoms with van der Waals surface area (Å²) in [6.45, 7) is -5.82. The molecule has 0 bridgehead atoms. The van der Waals surface area contributed by atoms with Crippen LogP contribution in [0.15, 0.2) is 95.5 Å². The molecule has 0 spiro atoms. The summed E-state index contributed by atoms with van der Waals surface area (Å²) in [5.41, 5.74) is 5.80. The minimum Gasteiger partial charge on any atom is -0.454 e. The molecule has 0 saturated carbocycles. The van der Waals surface area contributed by atoms with E-state index in [1.807, 2.05) is 73.7 Å². The first-order valence-corrected chi connectivity index (χ1v) is 11.8. The minimum atomic E-state index is -2.67. The van der Waals surface area contributed by atoms with Crippen molar-refractivity contribution in [3.8, 4) is 33.5 Å². The van der Waals surface area contributed by atoms with Gasteiger partial charge in [-0.1, -0.05) is 60.7 Å². The zero-order valence-corrected chi connectivity index (χ0v) is 20.0. The fourth-order valence-corrected chi connectivity index (χ4v) is 4.97. The fourth-order valence-electron chi connectivity index (χ4n) is 4.97. The van der Waals surface area contributed by atoms with Crippen LogP contribution in [0.2, 0.25) is 0 Å². The van der Waals surface area contributed by atoms with Crippen molar-refractivity contribution < 1.29 is 21.3 Å². The number of fused-ring (bicyclic) bond motifs is 3. The Labute approximate surface area is 225 Å². The fraction of sp³-hybridized carbons (Fsp3) is 0.147. The van der Waals surface area contributed by atoms with Crippen LogP contribution < -0.4 is 4.57 Å². The van der Waals surface area contributed by atoms with E-state index in [1.54, 1.807) is 23.7 Å². The van der Waals surface area contributed by atoms with Crippen molar-refractivity contribution in [3.05, 3.63) is 113 Å². The van der Waals surface area contributed by atoms with Crippen LogP contribution in [-0.4, -0.2) is 0 Å². The molecule has 2 heterocycles. The van der Waals surface area contributed by atoms with E-state index in [2.05, 4.69) is 0 Å². The van der Waals surface area contributed by atoms with Crippen LogP contribution in [0.5, 0.6) is 0 Å². The number of hydrogen-bond donors (Lipinski definition) is 0. The van der Waals surface area contributed by atoms with Gasteiger partial charge in [0.15, 0.2) is 6.20 Å². The molecular weight excluding hydrogens is 438 g/mol. The van der Waals surface area contributed by atoms with Gasteiger partial charge in [-0.2, -0.15) is 0 Å². The van der Waals surface area contributed by atoms with Gasteiger partial charge < -0.3 is 4.42 Å². The highest BCUT2D eigenvalue weighted by Crippen LogP contribution is 2.41. The molecule has 0 atom stereocenters. The Balaban J connectivity index is 1.68. The number of aromatic nitrogens is 1. The minimum absolute atomic E-state index is 0.164. The largest absolute Gasteiger partial charge is 0.454 e. The molecule has 4 aromatic carbocycles. The highest BCUT2D eigenvalue weighted by Gasteiger charge is 2.23. The second kappa shape index (κ2) is 8.49. The first-order valence-electron chi connectivity index (χ1n) is 16.3. The Morgan fingerprint density at radius 2 is 1.47 bits per heavy atom. The maximum Gasteiger partial charge on any atom is 0.216 e. The van der Waals surface area contributed by atoms with Crippen molar-refractivity contribution in [1.82, 2.24) is 0 Å². The summed E-state index contributed by atoms with van der Waals surface area (Å²) < 4.78 is 81.2. The van der Waals surface area contributed by atoms with Crippen LogP contribution in [-0.2, 0) is 7.05 Å². The van der Waals surface area contributed by atoms with Gasteiger partial charge >= 0.3 is 0 Å². The van der Waals surface area contributed by atoms with Crippen molar-refractivity contribution in [2.45, 2.75) is 27.5 Å². The third-order valence-corrected chi connectivity index (χ3v) is 6.76. The number of hydrogen-bond acceptors (Lipinski definition) is 1. The van der Waals surface area contributed by atoms with Crippen LogP contribution in [0.1, 0.15) is 34.6 Å². The molecule has 0 fully saturated rings. The number of rotatable bonds is 3. The van der Waals surface area contributed by atoms with E-state index >= 15 is 0 Å². The molecule has 2 aromatic heterocycles. The molecular formula is C34H30NO+. The van der Waals surface area contributed by atoms with Gasteiger partial charge in [0.05, 0.1) is 5.56 Å². The van der Waals surface area contributed by atoms with Gasteiger partial charge in [-0.25, -0.2) is 4.57 Å². The highest BCUT2D eigenvalue weighted by atomic mass is 16.3. The number of aryl methyl sites for hydroxylation is 5. The Morgan fingerprint density at radius 1 is 0.667 bits per heavy atom. The summed E-state index contributed by atoms with van der Waals surface area (Å²) in [6.07, 6.45) is 1.35. The summed E-state index contributed by atoms with van der Waals surface area (Å²) in [6, 6.07) is 26.1. The molecule has 0 aliphatic rings. The molecule has 2 nitrogen and oxygen atoms in total. The van der Waals surface area contributed by atoms with Gasteiger partial charge in [-0.05, 0) is 79.1 Å². The molecule has 2 heteroatoms. The maximum atomic E-state index is 8.24. The first kappa shape index (κ1) is 14.4. The Morgan fingerprint density at radius 3 is 2.28 bits per heavy atom. The number of nitrogens with zero attached hydrogens (tertiary/aromatic N) is 1. The van der Waals surface area contributed by atoms with Gasteiger partial charge in [-0.3, -0.25) is 0 Å². The molecule has 6 rings (SSSR count). The molecule has 0 aliphatic heterocycles. The van der Waals surface area contributed by atoms with Crippen molar-refractivity contribution in [3.63, 3.8) is 0 Å². The van der Waals surface area contributed by atoms with Gasteiger partial charge in [-0.15, -0.1) is 0 Å². The van der Waals surface area contributed by atoms with E-state index in [4.69, 9.17) is 16.8 Å². The molecule has 0 radical (unpaired) electrons. The SMILES string of the molecule is [2H]C([2H])([2H])c1cc(-c2cccc(-c3ccccc3)c2)c2oc3c(-c4cc(C([2H])([2H])[2H])c(C([2H])([2H])[2H])c[n+]4C)c(C)ccc3c2c1. The zero-order valence-electron chi connectivity index (χ0n) is 29.0. The monoisotopic (exact) mass is 477 g/mol. The van der Waals surface area contributed by atoms with Crippen molar-refractivity contribution in [2.24, 2.45) is 7.05 Å². The molecule has 176 valence electrons. The molecule has 0 amide bonds. The average Bonchev–Trinajstić information content (AvgIpc) is 3.34. The lowest BCUT2D eigenvalue weighted by Crippen LogP contribution is -2.31. The molecule has 0 unspecified atom stereocenters. The quantitative estimate of drug-likeness (QED) is 0.233. The molecule has 6 aromatic rings. The Kier molecular flexibility index (Phi) is 3.40. The van der Waals surface area contributed by atoms with Gasteiger partial charge in [0, 0.05) is 40.3 Å². The summed E-state index contributed by atoms with van der Waals surface area (Å²) in [5, 5.41) is 1.27. The topological polar surface area (TPSA) is 17.0 Å². The Hall–Kier alpha value is -4.17. The second-order valence-corrected chi connectivity index (χ2v) is 9.18. The summed E-state index contributed by atoms with van der Waals surface area (Å²) >= 11 is 0. The number of furan rings is 1. The third kappa shape index (κ3) is 3.61. The van der Waals surface area contributed by atoms with Gasteiger partial charge in [0.1, 0.15) is 18.2 Å². The molecule has 0 saturated heterocycles. The van der Waals surface area contributed by atoms with Gasteiger partial charge in [0.2, 0.25) is 5.69 Å².